The number of nitrogens with one attached hydrogen (secondary N) is 1. The molecule has 0 saturated carbocycles. The van der Waals surface area contributed by atoms with Crippen LogP contribution >= 0.6 is 0 Å². The molecule has 5 nitrogen and oxygen atoms in total. The van der Waals surface area contributed by atoms with E-state index in [0.29, 0.717) is 5.69 Å². The van der Waals surface area contributed by atoms with Crippen molar-refractivity contribution in [2.45, 2.75) is 13.3 Å². The maximum absolute atomic E-state index is 13.9. The van der Waals surface area contributed by atoms with Crippen LogP contribution in [0, 0.1) is 18.6 Å². The molecule has 0 radical (unpaired) electrons. The average molecular weight is 487 g/mol. The summed E-state index contributed by atoms with van der Waals surface area (Å²) in [6.45, 7) is 6.70. The van der Waals surface area contributed by atoms with E-state index in [1.807, 2.05) is 25.1 Å². The van der Waals surface area contributed by atoms with Gasteiger partial charge in [0.1, 0.15) is 17.2 Å². The van der Waals surface area contributed by atoms with Crippen molar-refractivity contribution in [3.8, 4) is 0 Å². The number of hydrogen-bond donors (Lipinski definition) is 1. The standard InChI is InChI=1S/C29H28F2N4O/c1-20-11-12-23-26(32-20)9-4-10-27(23)35-17-15-34(16-18-35)14-13-21-5-2-6-22(19-21)33-29(36)28-24(30)7-3-8-25(28)31/h2-12,19H,13-18H2,1H3,(H,33,36). The Labute approximate surface area is 209 Å². The van der Waals surface area contributed by atoms with Crippen LogP contribution in [0.25, 0.3) is 10.9 Å². The van der Waals surface area contributed by atoms with Crippen LogP contribution in [-0.2, 0) is 6.42 Å². The van der Waals surface area contributed by atoms with Crippen LogP contribution in [0.5, 0.6) is 0 Å². The number of nitrogens with zero attached hydrogens (tertiary/aromatic N) is 3. The summed E-state index contributed by atoms with van der Waals surface area (Å²) in [5, 5.41) is 3.80. The molecule has 1 fully saturated rings. The molecule has 4 aromatic rings. The third kappa shape index (κ3) is 5.21. The van der Waals surface area contributed by atoms with E-state index in [0.717, 1.165) is 68.1 Å². The van der Waals surface area contributed by atoms with Gasteiger partial charge in [0.05, 0.1) is 5.52 Å². The number of rotatable bonds is 6. The first-order chi connectivity index (χ1) is 17.5. The lowest BCUT2D eigenvalue weighted by atomic mass is 10.1. The molecule has 2 heterocycles. The highest BCUT2D eigenvalue weighted by molar-refractivity contribution is 6.04. The summed E-state index contributed by atoms with van der Waals surface area (Å²) in [5.41, 5.74) is 4.28. The summed E-state index contributed by atoms with van der Waals surface area (Å²) in [6.07, 6.45) is 0.815. The van der Waals surface area contributed by atoms with Crippen molar-refractivity contribution >= 4 is 28.2 Å². The van der Waals surface area contributed by atoms with Gasteiger partial charge in [0.2, 0.25) is 0 Å². The molecule has 1 aliphatic heterocycles. The fraction of sp³-hybridized carbons (Fsp3) is 0.241. The number of pyridine rings is 1. The molecule has 3 aromatic carbocycles. The molecular formula is C29H28F2N4O. The first-order valence-electron chi connectivity index (χ1n) is 12.2. The number of halogens is 2. The Morgan fingerprint density at radius 2 is 1.64 bits per heavy atom. The number of carbonyl (C=O) groups is 1. The Kier molecular flexibility index (Phi) is 6.91. The fourth-order valence-corrected chi connectivity index (χ4v) is 4.73. The minimum absolute atomic E-state index is 0.518. The average Bonchev–Trinajstić information content (AvgIpc) is 2.87. The molecule has 1 aromatic heterocycles. The number of aryl methyl sites for hydroxylation is 1. The number of hydrogen-bond acceptors (Lipinski definition) is 4. The molecular weight excluding hydrogens is 458 g/mol. The zero-order valence-corrected chi connectivity index (χ0v) is 20.2. The summed E-state index contributed by atoms with van der Waals surface area (Å²) >= 11 is 0. The highest BCUT2D eigenvalue weighted by atomic mass is 19.1. The van der Waals surface area contributed by atoms with Crippen molar-refractivity contribution in [3.05, 3.63) is 101 Å². The van der Waals surface area contributed by atoms with Gasteiger partial charge in [-0.3, -0.25) is 14.7 Å². The molecule has 1 aliphatic rings. The maximum Gasteiger partial charge on any atom is 0.261 e. The Bertz CT molecular complexity index is 1380. The number of fused-ring (bicyclic) bond motifs is 1. The number of anilines is 2. The van der Waals surface area contributed by atoms with E-state index >= 15 is 0 Å². The molecule has 0 spiro atoms. The number of amides is 1. The molecule has 1 saturated heterocycles. The predicted molar refractivity (Wildman–Crippen MR) is 140 cm³/mol. The van der Waals surface area contributed by atoms with E-state index in [4.69, 9.17) is 0 Å². The highest BCUT2D eigenvalue weighted by Crippen LogP contribution is 2.27. The Morgan fingerprint density at radius 3 is 2.42 bits per heavy atom. The van der Waals surface area contributed by atoms with Crippen LogP contribution in [0.1, 0.15) is 21.6 Å². The molecule has 0 atom stereocenters. The van der Waals surface area contributed by atoms with Crippen molar-refractivity contribution in [2.75, 3.05) is 42.9 Å². The Hall–Kier alpha value is -3.84. The van der Waals surface area contributed by atoms with Crippen LogP contribution in [-0.4, -0.2) is 48.5 Å². The second-order valence-corrected chi connectivity index (χ2v) is 9.13. The molecule has 5 rings (SSSR count). The van der Waals surface area contributed by atoms with Crippen molar-refractivity contribution in [3.63, 3.8) is 0 Å². The lowest BCUT2D eigenvalue weighted by molar-refractivity contribution is 0.101. The normalized spacial score (nSPS) is 14.2. The SMILES string of the molecule is Cc1ccc2c(N3CCN(CCc4cccc(NC(=O)c5c(F)cccc5F)c4)CC3)cccc2n1. The van der Waals surface area contributed by atoms with Gasteiger partial charge in [0.25, 0.3) is 5.91 Å². The second-order valence-electron chi connectivity index (χ2n) is 9.13. The van der Waals surface area contributed by atoms with Gasteiger partial charge >= 0.3 is 0 Å². The Morgan fingerprint density at radius 1 is 0.917 bits per heavy atom. The van der Waals surface area contributed by atoms with Crippen LogP contribution in [0.2, 0.25) is 0 Å². The lowest BCUT2D eigenvalue weighted by Crippen LogP contribution is -2.47. The zero-order valence-electron chi connectivity index (χ0n) is 20.2. The molecule has 184 valence electrons. The summed E-state index contributed by atoms with van der Waals surface area (Å²) in [4.78, 5) is 21.9. The second kappa shape index (κ2) is 10.4. The number of piperazine rings is 1. The van der Waals surface area contributed by atoms with Gasteiger partial charge in [0.15, 0.2) is 0 Å². The van der Waals surface area contributed by atoms with Crippen LogP contribution in [0.4, 0.5) is 20.2 Å². The summed E-state index contributed by atoms with van der Waals surface area (Å²) in [7, 11) is 0. The summed E-state index contributed by atoms with van der Waals surface area (Å²) in [6, 6.07) is 21.3. The predicted octanol–water partition coefficient (Wildman–Crippen LogP) is 5.44. The van der Waals surface area contributed by atoms with Gasteiger partial charge in [0, 0.05) is 55.2 Å². The largest absolute Gasteiger partial charge is 0.368 e. The van der Waals surface area contributed by atoms with Crippen molar-refractivity contribution in [1.82, 2.24) is 9.88 Å². The molecule has 36 heavy (non-hydrogen) atoms. The monoisotopic (exact) mass is 486 g/mol. The Balaban J connectivity index is 1.17. The van der Waals surface area contributed by atoms with Gasteiger partial charge < -0.3 is 10.2 Å². The van der Waals surface area contributed by atoms with Gasteiger partial charge in [-0.05, 0) is 67.4 Å². The van der Waals surface area contributed by atoms with E-state index in [-0.39, 0.29) is 0 Å². The molecule has 0 aliphatic carbocycles. The number of benzene rings is 3. The van der Waals surface area contributed by atoms with Gasteiger partial charge in [-0.2, -0.15) is 0 Å². The lowest BCUT2D eigenvalue weighted by Gasteiger charge is -2.36. The van der Waals surface area contributed by atoms with Crippen LogP contribution in [0.15, 0.2) is 72.8 Å². The molecule has 0 unspecified atom stereocenters. The number of aromatic nitrogens is 1. The zero-order chi connectivity index (χ0) is 25.1. The van der Waals surface area contributed by atoms with E-state index in [1.165, 1.54) is 17.1 Å². The number of carbonyl (C=O) groups excluding carboxylic acids is 1. The third-order valence-corrected chi connectivity index (χ3v) is 6.65. The fourth-order valence-electron chi connectivity index (χ4n) is 4.73. The van der Waals surface area contributed by atoms with E-state index in [9.17, 15) is 13.6 Å². The minimum atomic E-state index is -0.877. The highest BCUT2D eigenvalue weighted by Gasteiger charge is 2.20. The first-order valence-corrected chi connectivity index (χ1v) is 12.2. The minimum Gasteiger partial charge on any atom is -0.368 e. The molecule has 0 bridgehead atoms. The van der Waals surface area contributed by atoms with E-state index in [2.05, 4.69) is 50.4 Å². The van der Waals surface area contributed by atoms with Crippen LogP contribution in [0.3, 0.4) is 0 Å². The third-order valence-electron chi connectivity index (χ3n) is 6.65. The van der Waals surface area contributed by atoms with Gasteiger partial charge in [-0.1, -0.05) is 24.3 Å². The quantitative estimate of drug-likeness (QED) is 0.394. The van der Waals surface area contributed by atoms with Crippen LogP contribution < -0.4 is 10.2 Å². The first kappa shape index (κ1) is 23.9. The van der Waals surface area contributed by atoms with Gasteiger partial charge in [-0.25, -0.2) is 8.78 Å². The molecule has 1 N–H and O–H groups in total. The molecule has 7 heteroatoms. The topological polar surface area (TPSA) is 48.5 Å². The summed E-state index contributed by atoms with van der Waals surface area (Å²) < 4.78 is 27.9. The van der Waals surface area contributed by atoms with E-state index < -0.39 is 23.1 Å². The van der Waals surface area contributed by atoms with Crippen molar-refractivity contribution < 1.29 is 13.6 Å². The van der Waals surface area contributed by atoms with E-state index in [1.54, 1.807) is 6.07 Å². The smallest absolute Gasteiger partial charge is 0.261 e. The summed E-state index contributed by atoms with van der Waals surface area (Å²) in [5.74, 6) is -2.55. The van der Waals surface area contributed by atoms with Gasteiger partial charge in [-0.15, -0.1) is 0 Å². The van der Waals surface area contributed by atoms with Crippen molar-refractivity contribution in [2.24, 2.45) is 0 Å². The maximum atomic E-state index is 13.9. The van der Waals surface area contributed by atoms with Crippen molar-refractivity contribution in [1.29, 1.82) is 0 Å². The molecule has 1 amide bonds.